The van der Waals surface area contributed by atoms with Crippen molar-refractivity contribution >= 4 is 33.5 Å². The van der Waals surface area contributed by atoms with Gasteiger partial charge < -0.3 is 10.7 Å². The molecule has 0 aliphatic carbocycles. The number of hydrogen-bond donors (Lipinski definition) is 2. The maximum absolute atomic E-state index is 5.91. The van der Waals surface area contributed by atoms with Crippen molar-refractivity contribution in [3.8, 4) is 11.3 Å². The van der Waals surface area contributed by atoms with E-state index in [0.29, 0.717) is 16.8 Å². The summed E-state index contributed by atoms with van der Waals surface area (Å²) < 4.78 is 1.01. The zero-order chi connectivity index (χ0) is 10.1. The molecule has 14 heavy (non-hydrogen) atoms. The van der Waals surface area contributed by atoms with Gasteiger partial charge in [0.15, 0.2) is 5.95 Å². The van der Waals surface area contributed by atoms with Crippen molar-refractivity contribution in [2.45, 2.75) is 0 Å². The summed E-state index contributed by atoms with van der Waals surface area (Å²) in [6, 6.07) is 7.70. The van der Waals surface area contributed by atoms with Crippen LogP contribution in [-0.4, -0.2) is 9.97 Å². The van der Waals surface area contributed by atoms with E-state index in [1.807, 2.05) is 24.3 Å². The summed E-state index contributed by atoms with van der Waals surface area (Å²) in [5.74, 6) is 0.327. The average molecular weight is 273 g/mol. The first-order chi connectivity index (χ1) is 6.66. The summed E-state index contributed by atoms with van der Waals surface area (Å²) in [7, 11) is 0. The lowest BCUT2D eigenvalue weighted by Crippen LogP contribution is -1.85. The lowest BCUT2D eigenvalue weighted by molar-refractivity contribution is 1.33. The Hall–Kier alpha value is -1.00. The van der Waals surface area contributed by atoms with Crippen molar-refractivity contribution in [2.75, 3.05) is 5.73 Å². The van der Waals surface area contributed by atoms with Crippen LogP contribution < -0.4 is 5.73 Å². The number of aromatic amines is 1. The number of imidazole rings is 1. The molecule has 0 spiro atoms. The van der Waals surface area contributed by atoms with Crippen LogP contribution in [0.3, 0.4) is 0 Å². The zero-order valence-corrected chi connectivity index (χ0v) is 9.43. The summed E-state index contributed by atoms with van der Waals surface area (Å²) in [5.41, 5.74) is 7.10. The highest BCUT2D eigenvalue weighted by Gasteiger charge is 2.08. The molecule has 0 amide bonds. The number of nitrogen functional groups attached to an aromatic ring is 1. The third kappa shape index (κ3) is 1.76. The topological polar surface area (TPSA) is 54.7 Å². The Labute approximate surface area is 94.4 Å². The molecule has 0 saturated carbocycles. The Balaban J connectivity index is 2.49. The highest BCUT2D eigenvalue weighted by atomic mass is 79.9. The second-order valence-corrected chi connectivity index (χ2v) is 4.09. The standard InChI is InChI=1S/C9H7BrClN3/c10-6-3-1-5(2-4-6)7-8(11)14-9(12)13-7/h1-4H,(H3,12,13,14). The number of halogens is 2. The quantitative estimate of drug-likeness (QED) is 0.838. The maximum Gasteiger partial charge on any atom is 0.199 e. The minimum atomic E-state index is 0.327. The van der Waals surface area contributed by atoms with Crippen LogP contribution in [0.25, 0.3) is 11.3 Å². The Bertz CT molecular complexity index is 450. The first-order valence-corrected chi connectivity index (χ1v) is 5.11. The van der Waals surface area contributed by atoms with Gasteiger partial charge in [0.2, 0.25) is 0 Å². The van der Waals surface area contributed by atoms with Crippen molar-refractivity contribution in [3.63, 3.8) is 0 Å². The lowest BCUT2D eigenvalue weighted by Gasteiger charge is -1.96. The first-order valence-electron chi connectivity index (χ1n) is 3.94. The molecule has 72 valence electrons. The van der Waals surface area contributed by atoms with Gasteiger partial charge in [0.1, 0.15) is 10.8 Å². The number of anilines is 1. The molecule has 0 fully saturated rings. The number of nitrogens with zero attached hydrogens (tertiary/aromatic N) is 1. The fourth-order valence-corrected chi connectivity index (χ4v) is 1.68. The molecule has 0 unspecified atom stereocenters. The van der Waals surface area contributed by atoms with E-state index in [1.54, 1.807) is 0 Å². The average Bonchev–Trinajstić information content (AvgIpc) is 2.47. The van der Waals surface area contributed by atoms with E-state index in [9.17, 15) is 0 Å². The molecule has 0 aliphatic rings. The molecular formula is C9H7BrClN3. The lowest BCUT2D eigenvalue weighted by atomic mass is 10.2. The summed E-state index contributed by atoms with van der Waals surface area (Å²) in [4.78, 5) is 6.83. The van der Waals surface area contributed by atoms with Crippen molar-refractivity contribution in [2.24, 2.45) is 0 Å². The van der Waals surface area contributed by atoms with E-state index in [4.69, 9.17) is 17.3 Å². The Morgan fingerprint density at radius 3 is 2.43 bits per heavy atom. The summed E-state index contributed by atoms with van der Waals surface area (Å²) in [5, 5.41) is 0.463. The molecule has 1 heterocycles. The number of nitrogens with two attached hydrogens (primary N) is 1. The number of rotatable bonds is 1. The van der Waals surface area contributed by atoms with Gasteiger partial charge in [0.25, 0.3) is 0 Å². The number of nitrogens with one attached hydrogen (secondary N) is 1. The van der Waals surface area contributed by atoms with E-state index in [1.165, 1.54) is 0 Å². The fourth-order valence-electron chi connectivity index (χ4n) is 1.17. The van der Waals surface area contributed by atoms with Gasteiger partial charge in [-0.05, 0) is 12.1 Å². The van der Waals surface area contributed by atoms with Crippen LogP contribution in [0.5, 0.6) is 0 Å². The second kappa shape index (κ2) is 3.63. The van der Waals surface area contributed by atoms with Gasteiger partial charge in [-0.2, -0.15) is 0 Å². The van der Waals surface area contributed by atoms with Crippen molar-refractivity contribution in [1.29, 1.82) is 0 Å². The molecule has 3 nitrogen and oxygen atoms in total. The third-order valence-electron chi connectivity index (χ3n) is 1.80. The Kier molecular flexibility index (Phi) is 2.48. The van der Waals surface area contributed by atoms with Gasteiger partial charge in [-0.3, -0.25) is 0 Å². The normalized spacial score (nSPS) is 10.4. The molecule has 5 heteroatoms. The monoisotopic (exact) mass is 271 g/mol. The zero-order valence-electron chi connectivity index (χ0n) is 7.09. The van der Waals surface area contributed by atoms with E-state index in [2.05, 4.69) is 25.9 Å². The SMILES string of the molecule is Nc1nc(-c2ccc(Br)cc2)c(Cl)[nH]1. The van der Waals surface area contributed by atoms with Gasteiger partial charge >= 0.3 is 0 Å². The summed E-state index contributed by atoms with van der Waals surface area (Å²) in [6.45, 7) is 0. The second-order valence-electron chi connectivity index (χ2n) is 2.79. The largest absolute Gasteiger partial charge is 0.369 e. The molecular weight excluding hydrogens is 265 g/mol. The highest BCUT2D eigenvalue weighted by Crippen LogP contribution is 2.27. The van der Waals surface area contributed by atoms with Gasteiger partial charge in [0.05, 0.1) is 0 Å². The van der Waals surface area contributed by atoms with Crippen LogP contribution in [0, 0.1) is 0 Å². The number of aromatic nitrogens is 2. The predicted octanol–water partition coefficient (Wildman–Crippen LogP) is 3.07. The number of hydrogen-bond acceptors (Lipinski definition) is 2. The van der Waals surface area contributed by atoms with E-state index < -0.39 is 0 Å². The van der Waals surface area contributed by atoms with Gasteiger partial charge in [-0.25, -0.2) is 4.98 Å². The molecule has 0 aliphatic heterocycles. The number of benzene rings is 1. The highest BCUT2D eigenvalue weighted by molar-refractivity contribution is 9.10. The van der Waals surface area contributed by atoms with Gasteiger partial charge in [0, 0.05) is 10.0 Å². The van der Waals surface area contributed by atoms with Crippen molar-refractivity contribution < 1.29 is 0 Å². The van der Waals surface area contributed by atoms with E-state index in [-0.39, 0.29) is 0 Å². The summed E-state index contributed by atoms with van der Waals surface area (Å²) >= 11 is 9.27. The number of H-pyrrole nitrogens is 1. The molecule has 3 N–H and O–H groups in total. The molecule has 2 rings (SSSR count). The van der Waals surface area contributed by atoms with E-state index in [0.717, 1.165) is 10.0 Å². The molecule has 0 atom stereocenters. The van der Waals surface area contributed by atoms with Crippen LogP contribution in [0.4, 0.5) is 5.95 Å². The summed E-state index contributed by atoms with van der Waals surface area (Å²) in [6.07, 6.45) is 0. The molecule has 0 radical (unpaired) electrons. The predicted molar refractivity (Wildman–Crippen MR) is 61.1 cm³/mol. The van der Waals surface area contributed by atoms with Crippen molar-refractivity contribution in [1.82, 2.24) is 9.97 Å². The molecule has 0 bridgehead atoms. The smallest absolute Gasteiger partial charge is 0.199 e. The molecule has 0 saturated heterocycles. The fraction of sp³-hybridized carbons (Fsp3) is 0. The Morgan fingerprint density at radius 2 is 1.93 bits per heavy atom. The van der Waals surface area contributed by atoms with Gasteiger partial charge in [-0.15, -0.1) is 0 Å². The maximum atomic E-state index is 5.91. The van der Waals surface area contributed by atoms with Crippen LogP contribution in [0.15, 0.2) is 28.7 Å². The van der Waals surface area contributed by atoms with Crippen LogP contribution >= 0.6 is 27.5 Å². The van der Waals surface area contributed by atoms with Crippen LogP contribution in [0.2, 0.25) is 5.15 Å². The third-order valence-corrected chi connectivity index (χ3v) is 2.60. The Morgan fingerprint density at radius 1 is 1.29 bits per heavy atom. The van der Waals surface area contributed by atoms with Crippen molar-refractivity contribution in [3.05, 3.63) is 33.9 Å². The minimum absolute atomic E-state index is 0.327. The van der Waals surface area contributed by atoms with Gasteiger partial charge in [-0.1, -0.05) is 39.7 Å². The molecule has 1 aromatic heterocycles. The molecule has 1 aromatic carbocycles. The van der Waals surface area contributed by atoms with Crippen LogP contribution in [0.1, 0.15) is 0 Å². The van der Waals surface area contributed by atoms with E-state index >= 15 is 0 Å². The van der Waals surface area contributed by atoms with Crippen LogP contribution in [-0.2, 0) is 0 Å². The first kappa shape index (κ1) is 9.55. The minimum Gasteiger partial charge on any atom is -0.369 e. The molecule has 2 aromatic rings.